The molecule has 1 aliphatic carbocycles. The Hall–Kier alpha value is -2.62. The standard InChI is InChI=1S/C16H11NO3/c18-16-12(5-10-1-3-17-4-2-10)6-11-7-14-15(8-13(11)16)20-9-19-14/h1-5,7-8H,6,9H2/b12-5+. The normalized spacial score (nSPS) is 17.6. The highest BCUT2D eigenvalue weighted by Crippen LogP contribution is 2.39. The first-order chi connectivity index (χ1) is 9.81. The molecule has 1 aromatic carbocycles. The topological polar surface area (TPSA) is 48.4 Å². The lowest BCUT2D eigenvalue weighted by Crippen LogP contribution is -1.96. The molecule has 2 aliphatic rings. The van der Waals surface area contributed by atoms with Crippen LogP contribution in [0.5, 0.6) is 11.5 Å². The molecule has 2 heterocycles. The summed E-state index contributed by atoms with van der Waals surface area (Å²) in [6, 6.07) is 7.46. The summed E-state index contributed by atoms with van der Waals surface area (Å²) in [5, 5.41) is 0. The average Bonchev–Trinajstić information content (AvgIpc) is 3.03. The van der Waals surface area contributed by atoms with Gasteiger partial charge >= 0.3 is 0 Å². The van der Waals surface area contributed by atoms with Gasteiger partial charge in [-0.15, -0.1) is 0 Å². The third-order valence-electron chi connectivity index (χ3n) is 3.56. The summed E-state index contributed by atoms with van der Waals surface area (Å²) in [6.45, 7) is 0.228. The Kier molecular flexibility index (Phi) is 2.36. The van der Waals surface area contributed by atoms with Crippen LogP contribution in [0.2, 0.25) is 0 Å². The lowest BCUT2D eigenvalue weighted by atomic mass is 10.1. The number of Topliss-reactive ketones (excluding diaryl/α,β-unsaturated/α-hetero) is 1. The van der Waals surface area contributed by atoms with Crippen LogP contribution in [-0.2, 0) is 6.42 Å². The largest absolute Gasteiger partial charge is 0.454 e. The number of carbonyl (C=O) groups excluding carboxylic acids is 1. The fourth-order valence-corrected chi connectivity index (χ4v) is 2.58. The van der Waals surface area contributed by atoms with Gasteiger partial charge in [-0.25, -0.2) is 0 Å². The van der Waals surface area contributed by atoms with Gasteiger partial charge in [0.1, 0.15) is 0 Å². The summed E-state index contributed by atoms with van der Waals surface area (Å²) in [6.07, 6.45) is 5.98. The molecule has 20 heavy (non-hydrogen) atoms. The molecule has 98 valence electrons. The number of hydrogen-bond donors (Lipinski definition) is 0. The van der Waals surface area contributed by atoms with Crippen molar-refractivity contribution in [2.75, 3.05) is 6.79 Å². The number of rotatable bonds is 1. The van der Waals surface area contributed by atoms with E-state index in [1.54, 1.807) is 18.5 Å². The minimum Gasteiger partial charge on any atom is -0.454 e. The van der Waals surface area contributed by atoms with Gasteiger partial charge in [-0.3, -0.25) is 9.78 Å². The Morgan fingerprint density at radius 3 is 2.65 bits per heavy atom. The molecular formula is C16H11NO3. The van der Waals surface area contributed by atoms with E-state index < -0.39 is 0 Å². The number of benzene rings is 1. The lowest BCUT2D eigenvalue weighted by Gasteiger charge is -1.99. The fraction of sp³-hybridized carbons (Fsp3) is 0.125. The number of carbonyl (C=O) groups is 1. The van der Waals surface area contributed by atoms with Gasteiger partial charge in [-0.2, -0.15) is 0 Å². The van der Waals surface area contributed by atoms with Crippen molar-refractivity contribution in [3.05, 3.63) is 58.9 Å². The van der Waals surface area contributed by atoms with E-state index in [1.165, 1.54) is 0 Å². The molecule has 2 aromatic rings. The molecule has 0 radical (unpaired) electrons. The Morgan fingerprint density at radius 1 is 1.10 bits per heavy atom. The number of nitrogens with zero attached hydrogens (tertiary/aromatic N) is 1. The third-order valence-corrected chi connectivity index (χ3v) is 3.56. The number of hydrogen-bond acceptors (Lipinski definition) is 4. The van der Waals surface area contributed by atoms with E-state index in [4.69, 9.17) is 9.47 Å². The van der Waals surface area contributed by atoms with Crippen LogP contribution in [0.3, 0.4) is 0 Å². The molecule has 0 spiro atoms. The van der Waals surface area contributed by atoms with E-state index >= 15 is 0 Å². The molecular weight excluding hydrogens is 254 g/mol. The number of pyridine rings is 1. The second kappa shape index (κ2) is 4.20. The van der Waals surface area contributed by atoms with E-state index in [1.807, 2.05) is 24.3 Å². The average molecular weight is 265 g/mol. The van der Waals surface area contributed by atoms with Crippen LogP contribution in [0.4, 0.5) is 0 Å². The van der Waals surface area contributed by atoms with E-state index in [9.17, 15) is 4.79 Å². The summed E-state index contributed by atoms with van der Waals surface area (Å²) in [5.41, 5.74) is 3.49. The minimum absolute atomic E-state index is 0.0649. The molecule has 0 atom stereocenters. The van der Waals surface area contributed by atoms with Crippen LogP contribution in [0.15, 0.2) is 42.2 Å². The Morgan fingerprint density at radius 2 is 1.85 bits per heavy atom. The molecule has 4 nitrogen and oxygen atoms in total. The molecule has 0 N–H and O–H groups in total. The number of aromatic nitrogens is 1. The molecule has 4 heteroatoms. The molecule has 0 fully saturated rings. The zero-order chi connectivity index (χ0) is 13.5. The smallest absolute Gasteiger partial charge is 0.231 e. The first kappa shape index (κ1) is 11.2. The molecule has 0 saturated heterocycles. The Bertz CT molecular complexity index is 735. The molecule has 0 amide bonds. The predicted molar refractivity (Wildman–Crippen MR) is 72.8 cm³/mol. The maximum Gasteiger partial charge on any atom is 0.231 e. The van der Waals surface area contributed by atoms with Crippen molar-refractivity contribution in [1.29, 1.82) is 0 Å². The van der Waals surface area contributed by atoms with E-state index in [2.05, 4.69) is 4.98 Å². The zero-order valence-electron chi connectivity index (χ0n) is 10.6. The monoisotopic (exact) mass is 265 g/mol. The van der Waals surface area contributed by atoms with Gasteiger partial charge in [0.25, 0.3) is 0 Å². The third kappa shape index (κ3) is 1.69. The molecule has 0 bridgehead atoms. The first-order valence-electron chi connectivity index (χ1n) is 6.39. The van der Waals surface area contributed by atoms with Crippen LogP contribution >= 0.6 is 0 Å². The van der Waals surface area contributed by atoms with E-state index in [-0.39, 0.29) is 12.6 Å². The highest BCUT2D eigenvalue weighted by molar-refractivity contribution is 6.15. The van der Waals surface area contributed by atoms with Gasteiger partial charge in [0.05, 0.1) is 0 Å². The first-order valence-corrected chi connectivity index (χ1v) is 6.39. The summed E-state index contributed by atoms with van der Waals surface area (Å²) in [5.74, 6) is 1.44. The van der Waals surface area contributed by atoms with Crippen LogP contribution in [-0.4, -0.2) is 17.6 Å². The molecule has 4 rings (SSSR count). The number of allylic oxidation sites excluding steroid dienone is 1. The second-order valence-electron chi connectivity index (χ2n) is 4.82. The fourth-order valence-electron chi connectivity index (χ4n) is 2.58. The zero-order valence-corrected chi connectivity index (χ0v) is 10.6. The minimum atomic E-state index is 0.0649. The number of ketones is 1. The van der Waals surface area contributed by atoms with Crippen LogP contribution in [0.25, 0.3) is 6.08 Å². The van der Waals surface area contributed by atoms with Crippen LogP contribution < -0.4 is 9.47 Å². The maximum absolute atomic E-state index is 12.4. The molecule has 1 aromatic heterocycles. The van der Waals surface area contributed by atoms with E-state index in [0.717, 1.165) is 28.0 Å². The highest BCUT2D eigenvalue weighted by atomic mass is 16.7. The van der Waals surface area contributed by atoms with Crippen molar-refractivity contribution in [2.24, 2.45) is 0 Å². The maximum atomic E-state index is 12.4. The van der Waals surface area contributed by atoms with Crippen LogP contribution in [0, 0.1) is 0 Å². The summed E-state index contributed by atoms with van der Waals surface area (Å²) < 4.78 is 10.7. The molecule has 0 unspecified atom stereocenters. The predicted octanol–water partition coefficient (Wildman–Crippen LogP) is 2.63. The van der Waals surface area contributed by atoms with Gasteiger partial charge in [0.15, 0.2) is 17.3 Å². The van der Waals surface area contributed by atoms with Gasteiger partial charge < -0.3 is 9.47 Å². The Labute approximate surface area is 115 Å². The van der Waals surface area contributed by atoms with Gasteiger partial charge in [0, 0.05) is 30.0 Å². The van der Waals surface area contributed by atoms with Crippen molar-refractivity contribution in [2.45, 2.75) is 6.42 Å². The van der Waals surface area contributed by atoms with Crippen LogP contribution in [0.1, 0.15) is 21.5 Å². The number of ether oxygens (including phenoxy) is 2. The van der Waals surface area contributed by atoms with Gasteiger partial charge in [-0.1, -0.05) is 0 Å². The van der Waals surface area contributed by atoms with Crippen molar-refractivity contribution in [3.63, 3.8) is 0 Å². The van der Waals surface area contributed by atoms with Crippen molar-refractivity contribution in [3.8, 4) is 11.5 Å². The van der Waals surface area contributed by atoms with E-state index in [0.29, 0.717) is 12.2 Å². The van der Waals surface area contributed by atoms with Gasteiger partial charge in [-0.05, 0) is 41.5 Å². The quantitative estimate of drug-likeness (QED) is 0.744. The van der Waals surface area contributed by atoms with Crippen molar-refractivity contribution >= 4 is 11.9 Å². The van der Waals surface area contributed by atoms with Gasteiger partial charge in [0.2, 0.25) is 6.79 Å². The lowest BCUT2D eigenvalue weighted by molar-refractivity contribution is 0.104. The second-order valence-corrected chi connectivity index (χ2v) is 4.82. The summed E-state index contributed by atoms with van der Waals surface area (Å²) in [7, 11) is 0. The van der Waals surface area contributed by atoms with Crippen molar-refractivity contribution in [1.82, 2.24) is 4.98 Å². The summed E-state index contributed by atoms with van der Waals surface area (Å²) >= 11 is 0. The summed E-state index contributed by atoms with van der Waals surface area (Å²) in [4.78, 5) is 16.4. The van der Waals surface area contributed by atoms with Crippen molar-refractivity contribution < 1.29 is 14.3 Å². The highest BCUT2D eigenvalue weighted by Gasteiger charge is 2.28. The SMILES string of the molecule is O=C1/C(=C/c2ccncc2)Cc2cc3c(cc21)OCO3. The number of fused-ring (bicyclic) bond motifs is 2. The Balaban J connectivity index is 1.74. The molecule has 0 saturated carbocycles. The molecule has 1 aliphatic heterocycles.